The van der Waals surface area contributed by atoms with E-state index in [0.29, 0.717) is 0 Å². The number of hydrogen-bond acceptors (Lipinski definition) is 3. The molecule has 4 nitrogen and oxygen atoms in total. The summed E-state index contributed by atoms with van der Waals surface area (Å²) in [6, 6.07) is 8.22. The lowest BCUT2D eigenvalue weighted by atomic mass is 10.1. The van der Waals surface area contributed by atoms with Gasteiger partial charge < -0.3 is 10.1 Å². The molecule has 0 unspecified atom stereocenters. The molecule has 0 spiro atoms. The van der Waals surface area contributed by atoms with E-state index in [2.05, 4.69) is 48.4 Å². The quantitative estimate of drug-likeness (QED) is 0.733. The van der Waals surface area contributed by atoms with Crippen molar-refractivity contribution in [1.82, 2.24) is 15.5 Å². The first kappa shape index (κ1) is 15.6. The summed E-state index contributed by atoms with van der Waals surface area (Å²) < 4.78 is 5.82. The number of aryl methyl sites for hydroxylation is 2. The maximum atomic E-state index is 5.82. The summed E-state index contributed by atoms with van der Waals surface area (Å²) in [6.45, 7) is 8.00. The highest BCUT2D eigenvalue weighted by Crippen LogP contribution is 2.19. The van der Waals surface area contributed by atoms with E-state index < -0.39 is 0 Å². The van der Waals surface area contributed by atoms with E-state index >= 15 is 0 Å². The van der Waals surface area contributed by atoms with Crippen LogP contribution in [0.1, 0.15) is 37.1 Å². The molecule has 0 saturated heterocycles. The van der Waals surface area contributed by atoms with E-state index in [1.165, 1.54) is 16.8 Å². The predicted molar refractivity (Wildman–Crippen MR) is 85.6 cm³/mol. The van der Waals surface area contributed by atoms with Crippen molar-refractivity contribution in [2.24, 2.45) is 0 Å². The molecule has 0 bridgehead atoms. The second-order valence-corrected chi connectivity index (χ2v) is 5.57. The number of aromatic amines is 1. The van der Waals surface area contributed by atoms with Gasteiger partial charge in [0, 0.05) is 17.8 Å². The Bertz CT molecular complexity index is 548. The number of benzene rings is 1. The Balaban J connectivity index is 1.75. The number of nitrogens with zero attached hydrogens (tertiary/aromatic N) is 1. The Morgan fingerprint density at radius 2 is 2.05 bits per heavy atom. The molecule has 2 rings (SSSR count). The van der Waals surface area contributed by atoms with Gasteiger partial charge in [0.15, 0.2) is 0 Å². The van der Waals surface area contributed by atoms with Crippen LogP contribution in [0.5, 0.6) is 5.75 Å². The summed E-state index contributed by atoms with van der Waals surface area (Å²) in [5, 5.41) is 10.5. The van der Waals surface area contributed by atoms with Gasteiger partial charge in [-0.05, 0) is 51.8 Å². The smallest absolute Gasteiger partial charge is 0.124 e. The van der Waals surface area contributed by atoms with Gasteiger partial charge in [0.2, 0.25) is 0 Å². The molecule has 0 fully saturated rings. The van der Waals surface area contributed by atoms with Crippen molar-refractivity contribution in [3.8, 4) is 5.75 Å². The zero-order valence-corrected chi connectivity index (χ0v) is 13.1. The molecular weight excluding hydrogens is 262 g/mol. The van der Waals surface area contributed by atoms with Crippen molar-refractivity contribution >= 4 is 0 Å². The van der Waals surface area contributed by atoms with Crippen LogP contribution in [0.4, 0.5) is 0 Å². The minimum Gasteiger partial charge on any atom is -0.491 e. The molecule has 114 valence electrons. The van der Waals surface area contributed by atoms with Crippen molar-refractivity contribution in [2.45, 2.75) is 46.3 Å². The molecule has 21 heavy (non-hydrogen) atoms. The lowest BCUT2D eigenvalue weighted by Gasteiger charge is -2.14. The summed E-state index contributed by atoms with van der Waals surface area (Å²) in [7, 11) is 0. The molecule has 1 aromatic heterocycles. The Morgan fingerprint density at radius 1 is 1.24 bits per heavy atom. The van der Waals surface area contributed by atoms with E-state index in [4.69, 9.17) is 4.74 Å². The highest BCUT2D eigenvalue weighted by Gasteiger charge is 2.04. The Hall–Kier alpha value is -1.81. The van der Waals surface area contributed by atoms with E-state index in [-0.39, 0.29) is 6.10 Å². The van der Waals surface area contributed by atoms with Crippen LogP contribution in [0, 0.1) is 6.92 Å². The van der Waals surface area contributed by atoms with Crippen molar-refractivity contribution in [3.05, 3.63) is 47.3 Å². The van der Waals surface area contributed by atoms with Gasteiger partial charge in [0.05, 0.1) is 12.3 Å². The minimum absolute atomic E-state index is 0.204. The third-order valence-corrected chi connectivity index (χ3v) is 3.38. The Morgan fingerprint density at radius 3 is 2.76 bits per heavy atom. The summed E-state index contributed by atoms with van der Waals surface area (Å²) in [5.41, 5.74) is 3.69. The average molecular weight is 287 g/mol. The van der Waals surface area contributed by atoms with Crippen molar-refractivity contribution in [1.29, 1.82) is 0 Å². The van der Waals surface area contributed by atoms with Crippen LogP contribution in [-0.2, 0) is 13.0 Å². The van der Waals surface area contributed by atoms with Gasteiger partial charge in [-0.2, -0.15) is 5.10 Å². The third kappa shape index (κ3) is 4.90. The highest BCUT2D eigenvalue weighted by molar-refractivity contribution is 5.33. The molecule has 0 amide bonds. The van der Waals surface area contributed by atoms with Crippen LogP contribution in [-0.4, -0.2) is 22.8 Å². The van der Waals surface area contributed by atoms with E-state index in [0.717, 1.165) is 31.7 Å². The largest absolute Gasteiger partial charge is 0.491 e. The molecule has 0 aliphatic carbocycles. The molecular formula is C17H25N3O. The van der Waals surface area contributed by atoms with Crippen LogP contribution in [0.3, 0.4) is 0 Å². The lowest BCUT2D eigenvalue weighted by Crippen LogP contribution is -2.17. The molecule has 0 saturated carbocycles. The fraction of sp³-hybridized carbons (Fsp3) is 0.471. The van der Waals surface area contributed by atoms with Gasteiger partial charge in [-0.3, -0.25) is 5.10 Å². The fourth-order valence-electron chi connectivity index (χ4n) is 2.27. The van der Waals surface area contributed by atoms with E-state index in [1.807, 2.05) is 18.3 Å². The number of rotatable bonds is 8. The molecule has 0 radical (unpaired) electrons. The topological polar surface area (TPSA) is 49.9 Å². The summed E-state index contributed by atoms with van der Waals surface area (Å²) in [5.74, 6) is 0.977. The first-order valence-corrected chi connectivity index (χ1v) is 7.61. The first-order chi connectivity index (χ1) is 10.2. The van der Waals surface area contributed by atoms with Crippen LogP contribution < -0.4 is 10.1 Å². The molecule has 2 N–H and O–H groups in total. The monoisotopic (exact) mass is 287 g/mol. The second kappa shape index (κ2) is 7.84. The molecule has 0 atom stereocenters. The SMILES string of the molecule is Cc1[nH]ncc1CCCNCc1ccccc1OC(C)C. The molecule has 1 heterocycles. The molecule has 4 heteroatoms. The van der Waals surface area contributed by atoms with Gasteiger partial charge >= 0.3 is 0 Å². The summed E-state index contributed by atoms with van der Waals surface area (Å²) in [6.07, 6.45) is 4.28. The second-order valence-electron chi connectivity index (χ2n) is 5.57. The standard InChI is InChI=1S/C17H25N3O/c1-13(2)21-17-9-5-4-7-16(17)11-18-10-6-8-15-12-19-20-14(15)3/h4-5,7,9,12-13,18H,6,8,10-11H2,1-3H3,(H,19,20). The number of ether oxygens (including phenoxy) is 1. The molecule has 0 aliphatic rings. The zero-order chi connectivity index (χ0) is 15.1. The predicted octanol–water partition coefficient (Wildman–Crippen LogP) is 3.23. The highest BCUT2D eigenvalue weighted by atomic mass is 16.5. The lowest BCUT2D eigenvalue weighted by molar-refractivity contribution is 0.239. The van der Waals surface area contributed by atoms with Crippen molar-refractivity contribution in [2.75, 3.05) is 6.54 Å². The molecule has 2 aromatic rings. The van der Waals surface area contributed by atoms with Gasteiger partial charge in [-0.1, -0.05) is 18.2 Å². The molecule has 0 aliphatic heterocycles. The number of hydrogen-bond donors (Lipinski definition) is 2. The van der Waals surface area contributed by atoms with Gasteiger partial charge in [0.25, 0.3) is 0 Å². The van der Waals surface area contributed by atoms with Gasteiger partial charge in [-0.25, -0.2) is 0 Å². The van der Waals surface area contributed by atoms with E-state index in [1.54, 1.807) is 0 Å². The van der Waals surface area contributed by atoms with Crippen LogP contribution >= 0.6 is 0 Å². The van der Waals surface area contributed by atoms with Gasteiger partial charge in [0.1, 0.15) is 5.75 Å². The molecule has 1 aromatic carbocycles. The normalized spacial score (nSPS) is 11.0. The minimum atomic E-state index is 0.204. The number of nitrogens with one attached hydrogen (secondary N) is 2. The summed E-state index contributed by atoms with van der Waals surface area (Å²) >= 11 is 0. The Labute approximate surface area is 126 Å². The summed E-state index contributed by atoms with van der Waals surface area (Å²) in [4.78, 5) is 0. The Kier molecular flexibility index (Phi) is 5.81. The first-order valence-electron chi connectivity index (χ1n) is 7.61. The third-order valence-electron chi connectivity index (χ3n) is 3.38. The number of para-hydroxylation sites is 1. The average Bonchev–Trinajstić information content (AvgIpc) is 2.85. The van der Waals surface area contributed by atoms with Crippen molar-refractivity contribution < 1.29 is 4.74 Å². The maximum Gasteiger partial charge on any atom is 0.124 e. The van der Waals surface area contributed by atoms with Gasteiger partial charge in [-0.15, -0.1) is 0 Å². The number of H-pyrrole nitrogens is 1. The van der Waals surface area contributed by atoms with Crippen LogP contribution in [0.15, 0.2) is 30.5 Å². The van der Waals surface area contributed by atoms with Crippen LogP contribution in [0.2, 0.25) is 0 Å². The maximum absolute atomic E-state index is 5.82. The van der Waals surface area contributed by atoms with Crippen LogP contribution in [0.25, 0.3) is 0 Å². The fourth-order valence-corrected chi connectivity index (χ4v) is 2.27. The van der Waals surface area contributed by atoms with Crippen molar-refractivity contribution in [3.63, 3.8) is 0 Å². The van der Waals surface area contributed by atoms with E-state index in [9.17, 15) is 0 Å². The zero-order valence-electron chi connectivity index (χ0n) is 13.1. The number of aromatic nitrogens is 2.